The number of nitrogens with one attached hydrogen (secondary N) is 1. The molecule has 0 aliphatic heterocycles. The van der Waals surface area contributed by atoms with Crippen LogP contribution in [-0.2, 0) is 0 Å². The number of furan rings is 1. The standard InChI is InChI=1S/C18H11ClFN3O/c19-15-6-5-14(24-15)18-16(20)17(22-11-7-9-21-10-8-11)12-3-1-2-4-13(12)23-18/h1-10H,(H,21,22,23). The van der Waals surface area contributed by atoms with Crippen molar-refractivity contribution < 1.29 is 8.81 Å². The number of aromatic nitrogens is 2. The van der Waals surface area contributed by atoms with Gasteiger partial charge in [0, 0.05) is 23.5 Å². The molecule has 0 saturated heterocycles. The molecule has 0 aliphatic carbocycles. The van der Waals surface area contributed by atoms with Gasteiger partial charge in [-0.2, -0.15) is 0 Å². The molecule has 0 aliphatic rings. The van der Waals surface area contributed by atoms with Gasteiger partial charge in [-0.15, -0.1) is 0 Å². The van der Waals surface area contributed by atoms with Crippen LogP contribution in [0.1, 0.15) is 0 Å². The Morgan fingerprint density at radius 3 is 2.54 bits per heavy atom. The van der Waals surface area contributed by atoms with Gasteiger partial charge in [0.15, 0.2) is 16.8 Å². The minimum Gasteiger partial charge on any atom is -0.443 e. The fourth-order valence-corrected chi connectivity index (χ4v) is 2.64. The van der Waals surface area contributed by atoms with Gasteiger partial charge in [-0.1, -0.05) is 18.2 Å². The van der Waals surface area contributed by atoms with E-state index in [-0.39, 0.29) is 16.7 Å². The fourth-order valence-electron chi connectivity index (χ4n) is 2.50. The first kappa shape index (κ1) is 14.7. The first-order valence-corrected chi connectivity index (χ1v) is 7.61. The van der Waals surface area contributed by atoms with Gasteiger partial charge in [-0.05, 0) is 41.9 Å². The Kier molecular flexibility index (Phi) is 3.63. The van der Waals surface area contributed by atoms with Crippen LogP contribution >= 0.6 is 11.6 Å². The highest BCUT2D eigenvalue weighted by atomic mass is 35.5. The van der Waals surface area contributed by atoms with Crippen LogP contribution in [0, 0.1) is 5.82 Å². The van der Waals surface area contributed by atoms with E-state index in [0.29, 0.717) is 16.6 Å². The fraction of sp³-hybridized carbons (Fsp3) is 0. The molecule has 6 heteroatoms. The van der Waals surface area contributed by atoms with Gasteiger partial charge >= 0.3 is 0 Å². The molecule has 1 N–H and O–H groups in total. The number of halogens is 2. The van der Waals surface area contributed by atoms with Crippen molar-refractivity contribution >= 4 is 33.9 Å². The van der Waals surface area contributed by atoms with Crippen LogP contribution in [0.15, 0.2) is 65.3 Å². The maximum absolute atomic E-state index is 15.1. The molecule has 0 saturated carbocycles. The van der Waals surface area contributed by atoms with Crippen LogP contribution in [0.4, 0.5) is 15.8 Å². The van der Waals surface area contributed by atoms with E-state index >= 15 is 4.39 Å². The lowest BCUT2D eigenvalue weighted by Crippen LogP contribution is -2.00. The summed E-state index contributed by atoms with van der Waals surface area (Å²) in [5, 5.41) is 3.96. The molecule has 0 amide bonds. The van der Waals surface area contributed by atoms with Crippen LogP contribution in [-0.4, -0.2) is 9.97 Å². The molecule has 0 radical (unpaired) electrons. The van der Waals surface area contributed by atoms with Crippen LogP contribution in [0.3, 0.4) is 0 Å². The summed E-state index contributed by atoms with van der Waals surface area (Å²) in [6.45, 7) is 0. The summed E-state index contributed by atoms with van der Waals surface area (Å²) in [5.74, 6) is -0.224. The third kappa shape index (κ3) is 2.59. The second-order valence-corrected chi connectivity index (χ2v) is 5.50. The minimum atomic E-state index is -0.503. The SMILES string of the molecule is Fc1c(-c2ccc(Cl)o2)nc2ccccc2c1Nc1ccncc1. The summed E-state index contributed by atoms with van der Waals surface area (Å²) in [7, 11) is 0. The Morgan fingerprint density at radius 2 is 1.79 bits per heavy atom. The zero-order valence-electron chi connectivity index (χ0n) is 12.3. The van der Waals surface area contributed by atoms with E-state index in [4.69, 9.17) is 16.0 Å². The van der Waals surface area contributed by atoms with Crippen LogP contribution in [0.25, 0.3) is 22.4 Å². The van der Waals surface area contributed by atoms with Crippen molar-refractivity contribution in [2.24, 2.45) is 0 Å². The van der Waals surface area contributed by atoms with E-state index in [1.807, 2.05) is 24.3 Å². The Morgan fingerprint density at radius 1 is 1.00 bits per heavy atom. The van der Waals surface area contributed by atoms with Gasteiger partial charge in [0.05, 0.1) is 11.2 Å². The number of anilines is 2. The summed E-state index contributed by atoms with van der Waals surface area (Å²) in [6, 6.07) is 14.0. The largest absolute Gasteiger partial charge is 0.443 e. The predicted octanol–water partition coefficient (Wildman–Crippen LogP) is 5.43. The van der Waals surface area contributed by atoms with Gasteiger partial charge in [0.2, 0.25) is 0 Å². The molecular formula is C18H11ClFN3O. The number of nitrogens with zero attached hydrogens (tertiary/aromatic N) is 2. The zero-order chi connectivity index (χ0) is 16.5. The molecular weight excluding hydrogens is 329 g/mol. The summed E-state index contributed by atoms with van der Waals surface area (Å²) in [4.78, 5) is 8.34. The molecule has 0 bridgehead atoms. The summed E-state index contributed by atoms with van der Waals surface area (Å²) >= 11 is 5.81. The second-order valence-electron chi connectivity index (χ2n) is 5.13. The number of hydrogen-bond donors (Lipinski definition) is 1. The molecule has 0 atom stereocenters. The summed E-state index contributed by atoms with van der Waals surface area (Å²) in [6.07, 6.45) is 3.27. The van der Waals surface area contributed by atoms with Crippen LogP contribution < -0.4 is 5.32 Å². The van der Waals surface area contributed by atoms with Gasteiger partial charge in [0.25, 0.3) is 0 Å². The number of hydrogen-bond acceptors (Lipinski definition) is 4. The van der Waals surface area contributed by atoms with Crippen LogP contribution in [0.2, 0.25) is 5.22 Å². The van der Waals surface area contributed by atoms with Crippen molar-refractivity contribution in [2.45, 2.75) is 0 Å². The van der Waals surface area contributed by atoms with E-state index in [1.54, 1.807) is 36.7 Å². The number of para-hydroxylation sites is 1. The van der Waals surface area contributed by atoms with Crippen molar-refractivity contribution in [3.05, 3.63) is 72.0 Å². The Bertz CT molecular complexity index is 1020. The average molecular weight is 340 g/mol. The van der Waals surface area contributed by atoms with Crippen molar-refractivity contribution in [3.63, 3.8) is 0 Å². The monoisotopic (exact) mass is 339 g/mol. The lowest BCUT2D eigenvalue weighted by molar-refractivity contribution is 0.568. The maximum Gasteiger partial charge on any atom is 0.194 e. The molecule has 4 rings (SSSR count). The molecule has 1 aromatic carbocycles. The van der Waals surface area contributed by atoms with E-state index < -0.39 is 5.82 Å². The second kappa shape index (κ2) is 5.94. The highest BCUT2D eigenvalue weighted by molar-refractivity contribution is 6.29. The third-order valence-corrected chi connectivity index (χ3v) is 3.79. The van der Waals surface area contributed by atoms with Gasteiger partial charge in [-0.25, -0.2) is 9.37 Å². The molecule has 0 unspecified atom stereocenters. The molecule has 0 fully saturated rings. The molecule has 0 spiro atoms. The Labute approximate surface area is 141 Å². The van der Waals surface area contributed by atoms with E-state index in [1.165, 1.54) is 0 Å². The number of benzene rings is 1. The topological polar surface area (TPSA) is 51.0 Å². The highest BCUT2D eigenvalue weighted by Gasteiger charge is 2.19. The quantitative estimate of drug-likeness (QED) is 0.541. The average Bonchev–Trinajstić information content (AvgIpc) is 3.04. The van der Waals surface area contributed by atoms with E-state index in [0.717, 1.165) is 5.69 Å². The van der Waals surface area contributed by atoms with Gasteiger partial charge < -0.3 is 9.73 Å². The minimum absolute atomic E-state index is 0.108. The smallest absolute Gasteiger partial charge is 0.194 e. The highest BCUT2D eigenvalue weighted by Crippen LogP contribution is 2.35. The molecule has 24 heavy (non-hydrogen) atoms. The van der Waals surface area contributed by atoms with Crippen molar-refractivity contribution in [1.82, 2.24) is 9.97 Å². The van der Waals surface area contributed by atoms with Crippen molar-refractivity contribution in [3.8, 4) is 11.5 Å². The van der Waals surface area contributed by atoms with Crippen molar-refractivity contribution in [2.75, 3.05) is 5.32 Å². The van der Waals surface area contributed by atoms with Crippen LogP contribution in [0.5, 0.6) is 0 Å². The Hall–Kier alpha value is -2.92. The predicted molar refractivity (Wildman–Crippen MR) is 91.9 cm³/mol. The number of pyridine rings is 2. The molecule has 4 aromatic rings. The first-order valence-electron chi connectivity index (χ1n) is 7.23. The molecule has 3 aromatic heterocycles. The van der Waals surface area contributed by atoms with Gasteiger partial charge in [0.1, 0.15) is 5.69 Å². The molecule has 118 valence electrons. The normalized spacial score (nSPS) is 10.9. The zero-order valence-corrected chi connectivity index (χ0v) is 13.1. The Balaban J connectivity index is 1.94. The lowest BCUT2D eigenvalue weighted by atomic mass is 10.1. The van der Waals surface area contributed by atoms with Crippen molar-refractivity contribution in [1.29, 1.82) is 0 Å². The maximum atomic E-state index is 15.1. The van der Waals surface area contributed by atoms with Gasteiger partial charge in [-0.3, -0.25) is 4.98 Å². The van der Waals surface area contributed by atoms with E-state index in [2.05, 4.69) is 15.3 Å². The van der Waals surface area contributed by atoms with E-state index in [9.17, 15) is 0 Å². The third-order valence-electron chi connectivity index (χ3n) is 3.59. The lowest BCUT2D eigenvalue weighted by Gasteiger charge is -2.13. The molecule has 3 heterocycles. The number of rotatable bonds is 3. The molecule has 4 nitrogen and oxygen atoms in total. The number of fused-ring (bicyclic) bond motifs is 1. The summed E-state index contributed by atoms with van der Waals surface area (Å²) < 4.78 is 20.5. The first-order chi connectivity index (χ1) is 11.7. The summed E-state index contributed by atoms with van der Waals surface area (Å²) in [5.41, 5.74) is 1.81.